The Morgan fingerprint density at radius 2 is 2.14 bits per heavy atom. The van der Waals surface area contributed by atoms with Crippen LogP contribution in [0.2, 0.25) is 10.4 Å². The van der Waals surface area contributed by atoms with E-state index in [1.807, 2.05) is 23.5 Å². The number of thioether (sulfide) groups is 2. The van der Waals surface area contributed by atoms with Crippen molar-refractivity contribution in [2.45, 2.75) is 5.25 Å². The lowest BCUT2D eigenvalue weighted by atomic mass is 10.3. The minimum absolute atomic E-state index is 0.240. The summed E-state index contributed by atoms with van der Waals surface area (Å²) in [4.78, 5) is 8.03. The summed E-state index contributed by atoms with van der Waals surface area (Å²) >= 11 is 15.4. The van der Waals surface area contributed by atoms with Crippen LogP contribution in [0.15, 0.2) is 6.07 Å². The van der Waals surface area contributed by atoms with Crippen molar-refractivity contribution in [2.24, 2.45) is 0 Å². The van der Waals surface area contributed by atoms with Gasteiger partial charge in [0.1, 0.15) is 5.15 Å². The fourth-order valence-corrected chi connectivity index (χ4v) is 4.31. The highest BCUT2D eigenvalue weighted by Crippen LogP contribution is 2.36. The SMILES string of the molecule is Clc1cc(C2CSCCS2)nc(Cl)n1. The topological polar surface area (TPSA) is 25.8 Å². The van der Waals surface area contributed by atoms with Gasteiger partial charge < -0.3 is 0 Å². The average molecular weight is 267 g/mol. The first kappa shape index (κ1) is 10.9. The monoisotopic (exact) mass is 266 g/mol. The third-order valence-electron chi connectivity index (χ3n) is 1.83. The minimum atomic E-state index is 0.240. The summed E-state index contributed by atoms with van der Waals surface area (Å²) in [6.45, 7) is 0. The van der Waals surface area contributed by atoms with Crippen LogP contribution >= 0.6 is 46.7 Å². The molecule has 0 radical (unpaired) electrons. The van der Waals surface area contributed by atoms with Crippen molar-refractivity contribution in [1.82, 2.24) is 9.97 Å². The Balaban J connectivity index is 2.21. The zero-order valence-corrected chi connectivity index (χ0v) is 10.4. The summed E-state index contributed by atoms with van der Waals surface area (Å²) in [5.74, 6) is 3.45. The second-order valence-electron chi connectivity index (χ2n) is 2.82. The molecule has 0 aromatic carbocycles. The third kappa shape index (κ3) is 2.69. The average Bonchev–Trinajstić information content (AvgIpc) is 2.18. The van der Waals surface area contributed by atoms with Crippen molar-refractivity contribution in [2.75, 3.05) is 17.3 Å². The van der Waals surface area contributed by atoms with E-state index in [9.17, 15) is 0 Å². The van der Waals surface area contributed by atoms with E-state index in [4.69, 9.17) is 23.2 Å². The minimum Gasteiger partial charge on any atom is -0.222 e. The fourth-order valence-electron chi connectivity index (χ4n) is 1.23. The second kappa shape index (κ2) is 4.92. The molecule has 0 aliphatic carbocycles. The summed E-state index contributed by atoms with van der Waals surface area (Å²) in [6.07, 6.45) is 0. The van der Waals surface area contributed by atoms with E-state index in [1.54, 1.807) is 6.07 Å². The zero-order valence-electron chi connectivity index (χ0n) is 7.24. The van der Waals surface area contributed by atoms with Crippen molar-refractivity contribution in [1.29, 1.82) is 0 Å². The lowest BCUT2D eigenvalue weighted by Gasteiger charge is -2.20. The van der Waals surface area contributed by atoms with E-state index in [0.717, 1.165) is 17.2 Å². The van der Waals surface area contributed by atoms with Crippen molar-refractivity contribution in [3.05, 3.63) is 22.2 Å². The highest BCUT2D eigenvalue weighted by atomic mass is 35.5. The number of nitrogens with zero attached hydrogens (tertiary/aromatic N) is 2. The maximum absolute atomic E-state index is 5.82. The molecule has 0 bridgehead atoms. The number of halogens is 2. The Morgan fingerprint density at radius 3 is 2.79 bits per heavy atom. The van der Waals surface area contributed by atoms with Gasteiger partial charge in [0.2, 0.25) is 5.28 Å². The molecule has 0 saturated carbocycles. The summed E-state index contributed by atoms with van der Waals surface area (Å²) in [7, 11) is 0. The Hall–Kier alpha value is 0.360. The normalized spacial score (nSPS) is 22.3. The van der Waals surface area contributed by atoms with Gasteiger partial charge in [-0.1, -0.05) is 11.6 Å². The van der Waals surface area contributed by atoms with E-state index in [2.05, 4.69) is 9.97 Å². The predicted molar refractivity (Wildman–Crippen MR) is 64.6 cm³/mol. The molecule has 2 nitrogen and oxygen atoms in total. The van der Waals surface area contributed by atoms with Crippen molar-refractivity contribution >= 4 is 46.7 Å². The standard InChI is InChI=1S/C8H8Cl2N2S2/c9-7-3-5(11-8(10)12-7)6-4-13-1-2-14-6/h3,6H,1-2,4H2. The van der Waals surface area contributed by atoms with Crippen LogP contribution in [0.4, 0.5) is 0 Å². The van der Waals surface area contributed by atoms with Gasteiger partial charge in [-0.2, -0.15) is 23.5 Å². The van der Waals surface area contributed by atoms with Crippen LogP contribution in [-0.2, 0) is 0 Å². The highest BCUT2D eigenvalue weighted by molar-refractivity contribution is 8.06. The summed E-state index contributed by atoms with van der Waals surface area (Å²) in [6, 6.07) is 1.80. The highest BCUT2D eigenvalue weighted by Gasteiger charge is 2.18. The molecule has 0 amide bonds. The summed E-state index contributed by atoms with van der Waals surface area (Å²) < 4.78 is 0. The molecule has 1 aromatic heterocycles. The lowest BCUT2D eigenvalue weighted by molar-refractivity contribution is 0.981. The molecule has 1 fully saturated rings. The molecule has 0 spiro atoms. The first-order valence-electron chi connectivity index (χ1n) is 4.15. The molecule has 1 unspecified atom stereocenters. The van der Waals surface area contributed by atoms with E-state index in [-0.39, 0.29) is 5.28 Å². The molecule has 1 atom stereocenters. The van der Waals surface area contributed by atoms with E-state index in [0.29, 0.717) is 10.4 Å². The fraction of sp³-hybridized carbons (Fsp3) is 0.500. The van der Waals surface area contributed by atoms with Crippen LogP contribution in [0, 0.1) is 0 Å². The molecule has 6 heteroatoms. The van der Waals surface area contributed by atoms with Crippen LogP contribution in [0.25, 0.3) is 0 Å². The molecule has 1 aromatic rings. The van der Waals surface area contributed by atoms with E-state index >= 15 is 0 Å². The number of aromatic nitrogens is 2. The van der Waals surface area contributed by atoms with Crippen LogP contribution < -0.4 is 0 Å². The molecule has 0 N–H and O–H groups in total. The number of hydrogen-bond acceptors (Lipinski definition) is 4. The zero-order chi connectivity index (χ0) is 9.97. The molecule has 1 aliphatic rings. The van der Waals surface area contributed by atoms with E-state index < -0.39 is 0 Å². The lowest BCUT2D eigenvalue weighted by Crippen LogP contribution is -2.08. The number of rotatable bonds is 1. The van der Waals surface area contributed by atoms with Crippen molar-refractivity contribution in [3.8, 4) is 0 Å². The molecular formula is C8H8Cl2N2S2. The van der Waals surface area contributed by atoms with Gasteiger partial charge in [-0.25, -0.2) is 9.97 Å². The molecular weight excluding hydrogens is 259 g/mol. The maximum atomic E-state index is 5.82. The molecule has 14 heavy (non-hydrogen) atoms. The van der Waals surface area contributed by atoms with Gasteiger partial charge >= 0.3 is 0 Å². The second-order valence-corrected chi connectivity index (χ2v) is 6.00. The Kier molecular flexibility index (Phi) is 3.82. The van der Waals surface area contributed by atoms with Gasteiger partial charge in [-0.3, -0.25) is 0 Å². The maximum Gasteiger partial charge on any atom is 0.224 e. The van der Waals surface area contributed by atoms with Crippen LogP contribution in [0.3, 0.4) is 0 Å². The first-order chi connectivity index (χ1) is 6.75. The van der Waals surface area contributed by atoms with Crippen LogP contribution in [-0.4, -0.2) is 27.2 Å². The molecule has 76 valence electrons. The van der Waals surface area contributed by atoms with Crippen LogP contribution in [0.1, 0.15) is 10.9 Å². The molecule has 1 aliphatic heterocycles. The third-order valence-corrected chi connectivity index (χ3v) is 4.98. The first-order valence-corrected chi connectivity index (χ1v) is 7.11. The van der Waals surface area contributed by atoms with Gasteiger partial charge in [0.05, 0.1) is 10.9 Å². The largest absolute Gasteiger partial charge is 0.224 e. The van der Waals surface area contributed by atoms with Gasteiger partial charge in [-0.05, 0) is 17.7 Å². The Labute approximate surface area is 101 Å². The number of hydrogen-bond donors (Lipinski definition) is 0. The predicted octanol–water partition coefficient (Wildman–Crippen LogP) is 3.30. The van der Waals surface area contributed by atoms with Gasteiger partial charge in [-0.15, -0.1) is 0 Å². The van der Waals surface area contributed by atoms with Crippen molar-refractivity contribution < 1.29 is 0 Å². The molecule has 2 heterocycles. The van der Waals surface area contributed by atoms with Crippen molar-refractivity contribution in [3.63, 3.8) is 0 Å². The molecule has 2 rings (SSSR count). The molecule has 1 saturated heterocycles. The van der Waals surface area contributed by atoms with Gasteiger partial charge in [0, 0.05) is 17.3 Å². The Morgan fingerprint density at radius 1 is 1.29 bits per heavy atom. The van der Waals surface area contributed by atoms with E-state index in [1.165, 1.54) is 5.75 Å². The van der Waals surface area contributed by atoms with Crippen LogP contribution in [0.5, 0.6) is 0 Å². The summed E-state index contributed by atoms with van der Waals surface area (Å²) in [5, 5.41) is 1.08. The van der Waals surface area contributed by atoms with Gasteiger partial charge in [0.15, 0.2) is 0 Å². The Bertz CT molecular complexity index is 309. The summed E-state index contributed by atoms with van der Waals surface area (Å²) in [5.41, 5.74) is 0.951. The quantitative estimate of drug-likeness (QED) is 0.576. The van der Waals surface area contributed by atoms with Gasteiger partial charge in [0.25, 0.3) is 0 Å². The smallest absolute Gasteiger partial charge is 0.222 e.